The predicted octanol–water partition coefficient (Wildman–Crippen LogP) is 3.12. The Kier molecular flexibility index (Phi) is 4.18. The average Bonchev–Trinajstić information content (AvgIpc) is 2.18. The standard InChI is InChI=1S/C13H25NO/c1-5-13(3,4)14-12(15)11-8-6-10(2)7-9-11/h10-11H,5-9H2,1-4H3,(H,14,15). The van der Waals surface area contributed by atoms with Crippen molar-refractivity contribution in [2.24, 2.45) is 11.8 Å². The average molecular weight is 211 g/mol. The van der Waals surface area contributed by atoms with Gasteiger partial charge in [0.1, 0.15) is 0 Å². The van der Waals surface area contributed by atoms with Crippen molar-refractivity contribution < 1.29 is 4.79 Å². The number of carbonyl (C=O) groups is 1. The van der Waals surface area contributed by atoms with Gasteiger partial charge in [-0.2, -0.15) is 0 Å². The van der Waals surface area contributed by atoms with E-state index >= 15 is 0 Å². The van der Waals surface area contributed by atoms with E-state index in [9.17, 15) is 4.79 Å². The lowest BCUT2D eigenvalue weighted by atomic mass is 9.82. The van der Waals surface area contributed by atoms with Crippen molar-refractivity contribution in [3.63, 3.8) is 0 Å². The fraction of sp³-hybridized carbons (Fsp3) is 0.923. The lowest BCUT2D eigenvalue weighted by molar-refractivity contribution is -0.127. The van der Waals surface area contributed by atoms with Gasteiger partial charge in [0.15, 0.2) is 0 Å². The monoisotopic (exact) mass is 211 g/mol. The summed E-state index contributed by atoms with van der Waals surface area (Å²) in [5.74, 6) is 1.36. The molecule has 88 valence electrons. The van der Waals surface area contributed by atoms with Gasteiger partial charge in [0.05, 0.1) is 0 Å². The second-order valence-corrected chi connectivity index (χ2v) is 5.68. The molecule has 1 aliphatic rings. The van der Waals surface area contributed by atoms with E-state index in [1.54, 1.807) is 0 Å². The Morgan fingerprint density at radius 2 is 1.80 bits per heavy atom. The number of rotatable bonds is 3. The highest BCUT2D eigenvalue weighted by atomic mass is 16.2. The Morgan fingerprint density at radius 3 is 2.27 bits per heavy atom. The third-order valence-corrected chi connectivity index (χ3v) is 3.73. The smallest absolute Gasteiger partial charge is 0.223 e. The molecule has 0 unspecified atom stereocenters. The lowest BCUT2D eigenvalue weighted by Gasteiger charge is -2.30. The molecule has 0 radical (unpaired) electrons. The number of amides is 1. The van der Waals surface area contributed by atoms with Crippen molar-refractivity contribution >= 4 is 5.91 Å². The molecule has 1 saturated carbocycles. The summed E-state index contributed by atoms with van der Waals surface area (Å²) in [5, 5.41) is 3.15. The summed E-state index contributed by atoms with van der Waals surface area (Å²) in [6, 6.07) is 0. The van der Waals surface area contributed by atoms with E-state index in [4.69, 9.17) is 0 Å². The van der Waals surface area contributed by atoms with Gasteiger partial charge in [0.2, 0.25) is 5.91 Å². The van der Waals surface area contributed by atoms with Crippen LogP contribution in [-0.2, 0) is 4.79 Å². The third kappa shape index (κ3) is 3.84. The van der Waals surface area contributed by atoms with Gasteiger partial charge in [0, 0.05) is 11.5 Å². The molecule has 1 aliphatic carbocycles. The highest BCUT2D eigenvalue weighted by molar-refractivity contribution is 5.79. The Labute approximate surface area is 93.8 Å². The molecule has 0 saturated heterocycles. The van der Waals surface area contributed by atoms with E-state index in [1.807, 2.05) is 0 Å². The normalized spacial score (nSPS) is 27.5. The van der Waals surface area contributed by atoms with Crippen LogP contribution in [0.4, 0.5) is 0 Å². The third-order valence-electron chi connectivity index (χ3n) is 3.73. The first-order valence-electron chi connectivity index (χ1n) is 6.26. The first-order chi connectivity index (χ1) is 6.94. The van der Waals surface area contributed by atoms with Gasteiger partial charge in [-0.25, -0.2) is 0 Å². The number of carbonyl (C=O) groups excluding carboxylic acids is 1. The summed E-state index contributed by atoms with van der Waals surface area (Å²) in [5.41, 5.74) is -0.0415. The Bertz CT molecular complexity index is 215. The lowest BCUT2D eigenvalue weighted by Crippen LogP contribution is -2.46. The van der Waals surface area contributed by atoms with Crippen LogP contribution in [0.15, 0.2) is 0 Å². The van der Waals surface area contributed by atoms with Crippen LogP contribution in [0.5, 0.6) is 0 Å². The van der Waals surface area contributed by atoms with Gasteiger partial charge >= 0.3 is 0 Å². The molecule has 1 fully saturated rings. The van der Waals surface area contributed by atoms with E-state index in [-0.39, 0.29) is 17.4 Å². The number of hydrogen-bond donors (Lipinski definition) is 1. The van der Waals surface area contributed by atoms with Crippen LogP contribution >= 0.6 is 0 Å². The van der Waals surface area contributed by atoms with Crippen LogP contribution in [0.2, 0.25) is 0 Å². The van der Waals surface area contributed by atoms with Gasteiger partial charge in [-0.15, -0.1) is 0 Å². The van der Waals surface area contributed by atoms with E-state index in [0.29, 0.717) is 0 Å². The van der Waals surface area contributed by atoms with E-state index in [0.717, 1.165) is 25.2 Å². The molecule has 0 heterocycles. The predicted molar refractivity (Wildman–Crippen MR) is 63.6 cm³/mol. The van der Waals surface area contributed by atoms with E-state index in [1.165, 1.54) is 12.8 Å². The Hall–Kier alpha value is -0.530. The zero-order valence-electron chi connectivity index (χ0n) is 10.6. The fourth-order valence-electron chi connectivity index (χ4n) is 2.05. The van der Waals surface area contributed by atoms with E-state index in [2.05, 4.69) is 33.0 Å². The Morgan fingerprint density at radius 1 is 1.27 bits per heavy atom. The maximum atomic E-state index is 12.0. The Balaban J connectivity index is 2.41. The first kappa shape index (κ1) is 12.5. The summed E-state index contributed by atoms with van der Waals surface area (Å²) in [7, 11) is 0. The van der Waals surface area contributed by atoms with Crippen LogP contribution in [0.25, 0.3) is 0 Å². The highest BCUT2D eigenvalue weighted by Gasteiger charge is 2.27. The van der Waals surface area contributed by atoms with Gasteiger partial charge in [0.25, 0.3) is 0 Å². The van der Waals surface area contributed by atoms with Crippen molar-refractivity contribution in [2.45, 2.75) is 65.3 Å². The van der Waals surface area contributed by atoms with Crippen LogP contribution in [-0.4, -0.2) is 11.4 Å². The van der Waals surface area contributed by atoms with Crippen LogP contribution in [0.3, 0.4) is 0 Å². The minimum absolute atomic E-state index is 0.0415. The maximum Gasteiger partial charge on any atom is 0.223 e. The molecule has 0 atom stereocenters. The van der Waals surface area contributed by atoms with Crippen LogP contribution < -0.4 is 5.32 Å². The molecule has 0 aromatic rings. The summed E-state index contributed by atoms with van der Waals surface area (Å²) >= 11 is 0. The molecular formula is C13H25NO. The zero-order chi connectivity index (χ0) is 11.5. The molecule has 0 bridgehead atoms. The molecule has 0 aromatic carbocycles. The van der Waals surface area contributed by atoms with Gasteiger partial charge in [-0.1, -0.05) is 13.8 Å². The van der Waals surface area contributed by atoms with Gasteiger partial charge in [-0.05, 0) is 51.9 Å². The van der Waals surface area contributed by atoms with Crippen molar-refractivity contribution in [3.8, 4) is 0 Å². The minimum Gasteiger partial charge on any atom is -0.351 e. The quantitative estimate of drug-likeness (QED) is 0.763. The summed E-state index contributed by atoms with van der Waals surface area (Å²) in [6.07, 6.45) is 5.57. The van der Waals surface area contributed by atoms with Gasteiger partial charge in [-0.3, -0.25) is 4.79 Å². The highest BCUT2D eigenvalue weighted by Crippen LogP contribution is 2.28. The summed E-state index contributed by atoms with van der Waals surface area (Å²) < 4.78 is 0. The summed E-state index contributed by atoms with van der Waals surface area (Å²) in [4.78, 5) is 12.0. The molecule has 0 aliphatic heterocycles. The molecular weight excluding hydrogens is 186 g/mol. The van der Waals surface area contributed by atoms with Gasteiger partial charge < -0.3 is 5.32 Å². The first-order valence-corrected chi connectivity index (χ1v) is 6.26. The maximum absolute atomic E-state index is 12.0. The molecule has 1 N–H and O–H groups in total. The van der Waals surface area contributed by atoms with Crippen LogP contribution in [0.1, 0.15) is 59.8 Å². The molecule has 2 nitrogen and oxygen atoms in total. The second-order valence-electron chi connectivity index (χ2n) is 5.68. The van der Waals surface area contributed by atoms with Crippen molar-refractivity contribution in [2.75, 3.05) is 0 Å². The molecule has 1 rings (SSSR count). The topological polar surface area (TPSA) is 29.1 Å². The molecule has 0 aromatic heterocycles. The SMILES string of the molecule is CCC(C)(C)NC(=O)C1CCC(C)CC1. The number of nitrogens with one attached hydrogen (secondary N) is 1. The van der Waals surface area contributed by atoms with Crippen molar-refractivity contribution in [1.82, 2.24) is 5.32 Å². The van der Waals surface area contributed by atoms with E-state index < -0.39 is 0 Å². The molecule has 0 spiro atoms. The number of hydrogen-bond acceptors (Lipinski definition) is 1. The second kappa shape index (κ2) is 5.00. The largest absolute Gasteiger partial charge is 0.351 e. The minimum atomic E-state index is -0.0415. The molecule has 2 heteroatoms. The molecule has 15 heavy (non-hydrogen) atoms. The van der Waals surface area contributed by atoms with Crippen LogP contribution in [0, 0.1) is 11.8 Å². The molecule has 1 amide bonds. The zero-order valence-corrected chi connectivity index (χ0v) is 10.6. The van der Waals surface area contributed by atoms with Crippen molar-refractivity contribution in [1.29, 1.82) is 0 Å². The van der Waals surface area contributed by atoms with Crippen molar-refractivity contribution in [3.05, 3.63) is 0 Å². The summed E-state index contributed by atoms with van der Waals surface area (Å²) in [6.45, 7) is 8.58. The fourth-order valence-corrected chi connectivity index (χ4v) is 2.05.